The van der Waals surface area contributed by atoms with Crippen molar-refractivity contribution in [1.29, 1.82) is 0 Å². The molecule has 0 aromatic heterocycles. The van der Waals surface area contributed by atoms with E-state index in [9.17, 15) is 4.79 Å². The van der Waals surface area contributed by atoms with E-state index >= 15 is 0 Å². The largest absolute Gasteiger partial charge is 0.461 e. The maximum atomic E-state index is 11.8. The highest BCUT2D eigenvalue weighted by Crippen LogP contribution is 2.66. The van der Waals surface area contributed by atoms with E-state index in [-0.39, 0.29) is 22.8 Å². The van der Waals surface area contributed by atoms with Crippen LogP contribution < -0.4 is 0 Å². The lowest BCUT2D eigenvalue weighted by molar-refractivity contribution is -0.147. The normalized spacial score (nSPS) is 39.9. The molecule has 4 aliphatic carbocycles. The van der Waals surface area contributed by atoms with Crippen molar-refractivity contribution >= 4 is 21.9 Å². The zero-order valence-electron chi connectivity index (χ0n) is 21.7. The number of ether oxygens (including phenoxy) is 1. The summed E-state index contributed by atoms with van der Waals surface area (Å²) >= 11 is 3.23. The topological polar surface area (TPSA) is 26.3 Å². The van der Waals surface area contributed by atoms with Gasteiger partial charge in [-0.15, -0.1) is 0 Å². The molecule has 0 saturated heterocycles. The minimum absolute atomic E-state index is 0.0508. The number of hydrogen-bond donors (Lipinski definition) is 0. The average Bonchev–Trinajstić information content (AvgIpc) is 3.14. The Labute approximate surface area is 210 Å². The second-order valence-corrected chi connectivity index (χ2v) is 13.0. The first-order valence-electron chi connectivity index (χ1n) is 13.4. The number of rotatable bonds is 6. The van der Waals surface area contributed by atoms with E-state index in [1.54, 1.807) is 5.57 Å². The summed E-state index contributed by atoms with van der Waals surface area (Å²) in [6.07, 6.45) is 18.4. The zero-order chi connectivity index (χ0) is 24.0. The van der Waals surface area contributed by atoms with Gasteiger partial charge < -0.3 is 4.74 Å². The van der Waals surface area contributed by atoms with Crippen LogP contribution in [0.15, 0.2) is 35.5 Å². The highest BCUT2D eigenvalue weighted by molar-refractivity contribution is 9.09. The van der Waals surface area contributed by atoms with E-state index in [4.69, 9.17) is 4.74 Å². The van der Waals surface area contributed by atoms with Crippen LogP contribution in [0, 0.1) is 46.3 Å². The fraction of sp³-hybridized carbons (Fsp3) is 0.767. The predicted molar refractivity (Wildman–Crippen MR) is 141 cm³/mol. The maximum absolute atomic E-state index is 11.8. The molecule has 3 saturated carbocycles. The van der Waals surface area contributed by atoms with Crippen LogP contribution in [0.4, 0.5) is 0 Å². The standard InChI is InChI=1S/C30H45BrO2/c1-19(2)20(3)7-8-21(4)25-11-12-26-24-10-9-22-17-23(33-28(32)18-31)13-15-29(22,5)27(24)14-16-30(25,26)6/h7-10,19-21,23,25-27H,11-18H2,1-6H3/b8-7+/t20-,21+,23-,25+,26-,27-,29-,30+/m0/s1. The molecule has 3 fully saturated rings. The minimum atomic E-state index is -0.132. The highest BCUT2D eigenvalue weighted by Gasteiger charge is 2.56. The fourth-order valence-electron chi connectivity index (χ4n) is 7.90. The lowest BCUT2D eigenvalue weighted by Gasteiger charge is -2.55. The molecule has 0 aromatic rings. The molecule has 0 bridgehead atoms. The summed E-state index contributed by atoms with van der Waals surface area (Å²) < 4.78 is 5.70. The summed E-state index contributed by atoms with van der Waals surface area (Å²) in [6, 6.07) is 0. The molecule has 0 heterocycles. The van der Waals surface area contributed by atoms with Crippen LogP contribution >= 0.6 is 15.9 Å². The number of carbonyl (C=O) groups excluding carboxylic acids is 1. The third-order valence-electron chi connectivity index (χ3n) is 10.4. The maximum Gasteiger partial charge on any atom is 0.316 e. The van der Waals surface area contributed by atoms with Crippen LogP contribution in [-0.2, 0) is 9.53 Å². The molecule has 0 spiro atoms. The monoisotopic (exact) mass is 516 g/mol. The Morgan fingerprint density at radius 2 is 1.82 bits per heavy atom. The van der Waals surface area contributed by atoms with Crippen molar-refractivity contribution in [3.8, 4) is 0 Å². The summed E-state index contributed by atoms with van der Waals surface area (Å²) in [4.78, 5) is 11.8. The second-order valence-electron chi connectivity index (χ2n) is 12.4. The van der Waals surface area contributed by atoms with Gasteiger partial charge in [0.15, 0.2) is 0 Å². The van der Waals surface area contributed by atoms with Gasteiger partial charge in [-0.1, -0.05) is 92.9 Å². The summed E-state index contributed by atoms with van der Waals surface area (Å²) in [5, 5.41) is 0.290. The Morgan fingerprint density at radius 1 is 1.06 bits per heavy atom. The lowest BCUT2D eigenvalue weighted by atomic mass is 9.50. The van der Waals surface area contributed by atoms with Crippen molar-refractivity contribution in [3.05, 3.63) is 35.5 Å². The Balaban J connectivity index is 1.53. The quantitative estimate of drug-likeness (QED) is 0.201. The van der Waals surface area contributed by atoms with E-state index in [0.717, 1.165) is 31.1 Å². The molecule has 0 aliphatic heterocycles. The van der Waals surface area contributed by atoms with Crippen LogP contribution in [0.1, 0.15) is 86.5 Å². The molecule has 0 radical (unpaired) electrons. The lowest BCUT2D eigenvalue weighted by Crippen LogP contribution is -2.46. The first-order valence-corrected chi connectivity index (χ1v) is 14.6. The van der Waals surface area contributed by atoms with Crippen LogP contribution in [0.2, 0.25) is 0 Å². The van der Waals surface area contributed by atoms with Gasteiger partial charge in [0.05, 0.1) is 0 Å². The first kappa shape index (κ1) is 25.3. The number of alkyl halides is 1. The van der Waals surface area contributed by atoms with E-state index in [1.165, 1.54) is 31.3 Å². The van der Waals surface area contributed by atoms with E-state index < -0.39 is 0 Å². The van der Waals surface area contributed by atoms with Crippen molar-refractivity contribution in [3.63, 3.8) is 0 Å². The second kappa shape index (κ2) is 9.67. The minimum Gasteiger partial charge on any atom is -0.461 e. The molecule has 8 atom stereocenters. The zero-order valence-corrected chi connectivity index (χ0v) is 23.3. The fourth-order valence-corrected chi connectivity index (χ4v) is 8.03. The summed E-state index contributed by atoms with van der Waals surface area (Å²) in [6.45, 7) is 14.6. The van der Waals surface area contributed by atoms with E-state index in [0.29, 0.717) is 29.1 Å². The van der Waals surface area contributed by atoms with Crippen LogP contribution in [0.5, 0.6) is 0 Å². The smallest absolute Gasteiger partial charge is 0.316 e. The Morgan fingerprint density at radius 3 is 2.52 bits per heavy atom. The number of esters is 1. The van der Waals surface area contributed by atoms with Gasteiger partial charge in [-0.3, -0.25) is 4.79 Å². The van der Waals surface area contributed by atoms with Crippen LogP contribution in [-0.4, -0.2) is 17.4 Å². The average molecular weight is 518 g/mol. The summed E-state index contributed by atoms with van der Waals surface area (Å²) in [5.41, 5.74) is 3.95. The Kier molecular flexibility index (Phi) is 7.40. The van der Waals surface area contributed by atoms with Gasteiger partial charge in [0.2, 0.25) is 0 Å². The number of fused-ring (bicyclic) bond motifs is 5. The SMILES string of the molecule is CC(C)[C@@H](C)/C=C/[C@@H](C)[C@H]1CC[C@H]2C3=CC=C4C[C@@H](OC(=O)CBr)CC[C@]4(C)[C@H]3CC[C@]12C. The predicted octanol–water partition coefficient (Wildman–Crippen LogP) is 8.28. The van der Waals surface area contributed by atoms with Gasteiger partial charge in [0, 0.05) is 6.42 Å². The summed E-state index contributed by atoms with van der Waals surface area (Å²) in [5.74, 6) is 4.09. The molecule has 184 valence electrons. The Bertz CT molecular complexity index is 838. The van der Waals surface area contributed by atoms with E-state index in [2.05, 4.69) is 81.8 Å². The molecule has 0 unspecified atom stereocenters. The van der Waals surface area contributed by atoms with Gasteiger partial charge in [-0.25, -0.2) is 0 Å². The number of halogens is 1. The third-order valence-corrected chi connectivity index (χ3v) is 10.9. The Hall–Kier alpha value is -0.830. The van der Waals surface area contributed by atoms with Crippen LogP contribution in [0.3, 0.4) is 0 Å². The van der Waals surface area contributed by atoms with Gasteiger partial charge in [0.1, 0.15) is 11.4 Å². The van der Waals surface area contributed by atoms with Crippen LogP contribution in [0.25, 0.3) is 0 Å². The molecular formula is C30H45BrO2. The summed E-state index contributed by atoms with van der Waals surface area (Å²) in [7, 11) is 0. The third kappa shape index (κ3) is 4.57. The molecule has 0 amide bonds. The molecule has 3 heteroatoms. The molecule has 0 aromatic carbocycles. The van der Waals surface area contributed by atoms with E-state index in [1.807, 2.05) is 0 Å². The molecule has 4 rings (SSSR count). The molecular weight excluding hydrogens is 472 g/mol. The molecule has 0 N–H and O–H groups in total. The highest BCUT2D eigenvalue weighted by atomic mass is 79.9. The van der Waals surface area contributed by atoms with Crippen molar-refractivity contribution in [2.24, 2.45) is 46.3 Å². The van der Waals surface area contributed by atoms with Gasteiger partial charge in [0.25, 0.3) is 0 Å². The molecule has 4 aliphatic rings. The van der Waals surface area contributed by atoms with Gasteiger partial charge in [-0.05, 0) is 84.9 Å². The number of hydrogen-bond acceptors (Lipinski definition) is 2. The first-order chi connectivity index (χ1) is 15.6. The number of carbonyl (C=O) groups is 1. The molecule has 33 heavy (non-hydrogen) atoms. The van der Waals surface area contributed by atoms with Gasteiger partial charge in [-0.2, -0.15) is 0 Å². The van der Waals surface area contributed by atoms with Crippen molar-refractivity contribution in [2.45, 2.75) is 92.6 Å². The van der Waals surface area contributed by atoms with Crippen molar-refractivity contribution < 1.29 is 9.53 Å². The molecule has 2 nitrogen and oxygen atoms in total. The van der Waals surface area contributed by atoms with Crippen molar-refractivity contribution in [2.75, 3.05) is 5.33 Å². The van der Waals surface area contributed by atoms with Gasteiger partial charge >= 0.3 is 5.97 Å². The van der Waals surface area contributed by atoms with Crippen molar-refractivity contribution in [1.82, 2.24) is 0 Å². The number of allylic oxidation sites excluding steroid dienone is 5.